The standard InChI is InChI=1S/C4H3F6NO2/c5-3(6,7)1(11-13)2(12)4(8,9)10/h2,12-13H/b11-1-. The Kier molecular flexibility index (Phi) is 3.14. The van der Waals surface area contributed by atoms with Crippen molar-refractivity contribution in [3.63, 3.8) is 0 Å². The van der Waals surface area contributed by atoms with Crippen molar-refractivity contribution in [1.82, 2.24) is 0 Å². The summed E-state index contributed by atoms with van der Waals surface area (Å²) in [5, 5.41) is 17.0. The van der Waals surface area contributed by atoms with E-state index in [0.717, 1.165) is 0 Å². The first kappa shape index (κ1) is 12.0. The van der Waals surface area contributed by atoms with Gasteiger partial charge in [0.15, 0.2) is 5.71 Å². The van der Waals surface area contributed by atoms with Crippen LogP contribution in [-0.2, 0) is 0 Å². The van der Waals surface area contributed by atoms with Gasteiger partial charge in [0.1, 0.15) is 0 Å². The fourth-order valence-electron chi connectivity index (χ4n) is 0.421. The first-order valence-corrected chi connectivity index (χ1v) is 2.64. The Balaban J connectivity index is 4.84. The zero-order valence-electron chi connectivity index (χ0n) is 5.69. The molecule has 0 aliphatic carbocycles. The molecular weight excluding hydrogens is 208 g/mol. The van der Waals surface area contributed by atoms with Crippen LogP contribution in [0.4, 0.5) is 26.3 Å². The van der Waals surface area contributed by atoms with E-state index in [1.54, 1.807) is 0 Å². The van der Waals surface area contributed by atoms with Crippen LogP contribution in [0.3, 0.4) is 0 Å². The summed E-state index contributed by atoms with van der Waals surface area (Å²) < 4.78 is 69.1. The van der Waals surface area contributed by atoms with Crippen LogP contribution >= 0.6 is 0 Å². The molecule has 1 unspecified atom stereocenters. The molecule has 0 aromatic rings. The first-order valence-electron chi connectivity index (χ1n) is 2.64. The molecule has 0 rings (SSSR count). The molecule has 0 aliphatic rings. The average Bonchev–Trinajstić information content (AvgIpc) is 1.83. The zero-order chi connectivity index (χ0) is 10.9. The minimum absolute atomic E-state index is 1.35. The molecule has 13 heavy (non-hydrogen) atoms. The second-order valence-electron chi connectivity index (χ2n) is 1.93. The first-order chi connectivity index (χ1) is 5.60. The molecule has 78 valence electrons. The molecule has 0 aromatic carbocycles. The summed E-state index contributed by atoms with van der Waals surface area (Å²) in [6.45, 7) is 0. The van der Waals surface area contributed by atoms with Gasteiger partial charge in [0.2, 0.25) is 6.10 Å². The maximum absolute atomic E-state index is 11.6. The Morgan fingerprint density at radius 2 is 1.46 bits per heavy atom. The van der Waals surface area contributed by atoms with Crippen molar-refractivity contribution in [3.8, 4) is 0 Å². The van der Waals surface area contributed by atoms with Crippen molar-refractivity contribution in [2.24, 2.45) is 5.16 Å². The number of halogens is 6. The normalized spacial score (nSPS) is 17.3. The van der Waals surface area contributed by atoms with E-state index in [9.17, 15) is 26.3 Å². The Labute approximate surface area is 67.3 Å². The molecule has 0 heterocycles. The summed E-state index contributed by atoms with van der Waals surface area (Å²) in [6, 6.07) is 0. The fourth-order valence-corrected chi connectivity index (χ4v) is 0.421. The molecule has 0 aromatic heterocycles. The number of nitrogens with zero attached hydrogens (tertiary/aromatic N) is 1. The molecule has 1 atom stereocenters. The van der Waals surface area contributed by atoms with E-state index < -0.39 is 24.2 Å². The van der Waals surface area contributed by atoms with Gasteiger partial charge in [0.25, 0.3) is 0 Å². The molecule has 0 spiro atoms. The Hall–Kier alpha value is -0.990. The van der Waals surface area contributed by atoms with Gasteiger partial charge in [-0.15, -0.1) is 0 Å². The lowest BCUT2D eigenvalue weighted by Crippen LogP contribution is -2.44. The van der Waals surface area contributed by atoms with Crippen molar-refractivity contribution in [3.05, 3.63) is 0 Å². The van der Waals surface area contributed by atoms with Gasteiger partial charge < -0.3 is 10.3 Å². The number of aliphatic hydroxyl groups excluding tert-OH is 1. The molecule has 0 saturated heterocycles. The topological polar surface area (TPSA) is 52.8 Å². The van der Waals surface area contributed by atoms with Gasteiger partial charge in [-0.05, 0) is 0 Å². The second-order valence-corrected chi connectivity index (χ2v) is 1.93. The molecule has 0 saturated carbocycles. The second kappa shape index (κ2) is 3.40. The highest BCUT2D eigenvalue weighted by Gasteiger charge is 2.52. The number of hydrogen-bond acceptors (Lipinski definition) is 3. The van der Waals surface area contributed by atoms with Gasteiger partial charge in [-0.2, -0.15) is 26.3 Å². The summed E-state index contributed by atoms with van der Waals surface area (Å²) in [5.41, 5.74) is -2.69. The van der Waals surface area contributed by atoms with Crippen LogP contribution in [0.2, 0.25) is 0 Å². The number of rotatable bonds is 1. The van der Waals surface area contributed by atoms with Crippen LogP contribution in [0.1, 0.15) is 0 Å². The molecule has 2 N–H and O–H groups in total. The SMILES string of the molecule is O/N=C(/C(O)C(F)(F)F)C(F)(F)F. The molecule has 0 aliphatic heterocycles. The van der Waals surface area contributed by atoms with Crippen LogP contribution < -0.4 is 0 Å². The molecular formula is C4H3F6NO2. The van der Waals surface area contributed by atoms with Gasteiger partial charge in [0, 0.05) is 0 Å². The van der Waals surface area contributed by atoms with Crippen molar-refractivity contribution < 1.29 is 36.7 Å². The fraction of sp³-hybridized carbons (Fsp3) is 0.750. The largest absolute Gasteiger partial charge is 0.435 e. The average molecular weight is 211 g/mol. The van der Waals surface area contributed by atoms with Crippen molar-refractivity contribution in [1.29, 1.82) is 0 Å². The lowest BCUT2D eigenvalue weighted by Gasteiger charge is -2.17. The summed E-state index contributed by atoms with van der Waals surface area (Å²) in [7, 11) is 0. The lowest BCUT2D eigenvalue weighted by atomic mass is 10.2. The maximum atomic E-state index is 11.6. The predicted molar refractivity (Wildman–Crippen MR) is 27.3 cm³/mol. The summed E-state index contributed by atoms with van der Waals surface area (Å²) in [5.74, 6) is 0. The minimum Gasteiger partial charge on any atom is -0.411 e. The van der Waals surface area contributed by atoms with Crippen LogP contribution in [0.5, 0.6) is 0 Å². The van der Waals surface area contributed by atoms with E-state index in [0.29, 0.717) is 0 Å². The summed E-state index contributed by atoms with van der Waals surface area (Å²) >= 11 is 0. The molecule has 9 heteroatoms. The van der Waals surface area contributed by atoms with Gasteiger partial charge >= 0.3 is 12.4 Å². The third kappa shape index (κ3) is 3.09. The lowest BCUT2D eigenvalue weighted by molar-refractivity contribution is -0.190. The van der Waals surface area contributed by atoms with Gasteiger partial charge in [0.05, 0.1) is 0 Å². The molecule has 0 fully saturated rings. The highest BCUT2D eigenvalue weighted by Crippen LogP contribution is 2.28. The van der Waals surface area contributed by atoms with Gasteiger partial charge in [-0.3, -0.25) is 0 Å². The monoisotopic (exact) mass is 211 g/mol. The minimum atomic E-state index is -5.52. The number of hydrogen-bond donors (Lipinski definition) is 2. The van der Waals surface area contributed by atoms with Crippen LogP contribution in [0.25, 0.3) is 0 Å². The van der Waals surface area contributed by atoms with Crippen molar-refractivity contribution in [2.45, 2.75) is 18.5 Å². The van der Waals surface area contributed by atoms with Crippen LogP contribution in [0, 0.1) is 0 Å². The quantitative estimate of drug-likeness (QED) is 0.297. The van der Waals surface area contributed by atoms with E-state index in [2.05, 4.69) is 0 Å². The molecule has 0 bridgehead atoms. The van der Waals surface area contributed by atoms with Gasteiger partial charge in [-0.1, -0.05) is 5.16 Å². The number of alkyl halides is 6. The maximum Gasteiger partial charge on any atom is 0.435 e. The third-order valence-electron chi connectivity index (χ3n) is 0.967. The van der Waals surface area contributed by atoms with E-state index in [-0.39, 0.29) is 0 Å². The van der Waals surface area contributed by atoms with Crippen molar-refractivity contribution in [2.75, 3.05) is 0 Å². The van der Waals surface area contributed by atoms with Crippen molar-refractivity contribution >= 4 is 5.71 Å². The molecule has 0 radical (unpaired) electrons. The van der Waals surface area contributed by atoms with Crippen LogP contribution in [-0.4, -0.2) is 34.5 Å². The number of aliphatic hydroxyl groups is 1. The highest BCUT2D eigenvalue weighted by molar-refractivity contribution is 5.93. The van der Waals surface area contributed by atoms with Gasteiger partial charge in [-0.25, -0.2) is 0 Å². The van der Waals surface area contributed by atoms with Crippen LogP contribution in [0.15, 0.2) is 5.16 Å². The van der Waals surface area contributed by atoms with E-state index in [1.807, 2.05) is 0 Å². The summed E-state index contributed by atoms with van der Waals surface area (Å²) in [4.78, 5) is 0. The predicted octanol–water partition coefficient (Wildman–Crippen LogP) is 1.30. The molecule has 0 amide bonds. The highest BCUT2D eigenvalue weighted by atomic mass is 19.4. The van der Waals surface area contributed by atoms with E-state index in [4.69, 9.17) is 10.3 Å². The third-order valence-corrected chi connectivity index (χ3v) is 0.967. The zero-order valence-corrected chi connectivity index (χ0v) is 5.69. The molecule has 3 nitrogen and oxygen atoms in total. The van der Waals surface area contributed by atoms with E-state index >= 15 is 0 Å². The Morgan fingerprint density at radius 1 is 1.08 bits per heavy atom. The Morgan fingerprint density at radius 3 is 1.54 bits per heavy atom. The summed E-state index contributed by atoms with van der Waals surface area (Å²) in [6.07, 6.45) is -14.9. The van der Waals surface area contributed by atoms with E-state index in [1.165, 1.54) is 5.16 Å². The number of oxime groups is 1. The smallest absolute Gasteiger partial charge is 0.411 e. The Bertz CT molecular complexity index is 206.